The number of rotatable bonds is 8. The minimum absolute atomic E-state index is 0.0269. The van der Waals surface area contributed by atoms with E-state index in [1.807, 2.05) is 6.07 Å². The van der Waals surface area contributed by atoms with Crippen molar-refractivity contribution in [3.63, 3.8) is 0 Å². The second-order valence-corrected chi connectivity index (χ2v) is 10.2. The molecule has 0 spiro atoms. The largest absolute Gasteiger partial charge is 0.462 e. The van der Waals surface area contributed by atoms with Crippen molar-refractivity contribution in [2.45, 2.75) is 18.9 Å². The molecule has 1 aromatic heterocycles. The molecule has 40 heavy (non-hydrogen) atoms. The van der Waals surface area contributed by atoms with E-state index in [1.165, 1.54) is 6.08 Å². The van der Waals surface area contributed by atoms with Gasteiger partial charge in [0.05, 0.1) is 5.56 Å². The normalized spacial score (nSPS) is 17.7. The predicted octanol–water partition coefficient (Wildman–Crippen LogP) is 4.10. The molecule has 10 nitrogen and oxygen atoms in total. The fourth-order valence-corrected chi connectivity index (χ4v) is 5.29. The smallest absolute Gasteiger partial charge is 0.319 e. The summed E-state index contributed by atoms with van der Waals surface area (Å²) < 4.78 is 26.7. The predicted molar refractivity (Wildman–Crippen MR) is 153 cm³/mol. The lowest BCUT2D eigenvalue weighted by atomic mass is 10.1. The van der Waals surface area contributed by atoms with Crippen LogP contribution in [0.3, 0.4) is 0 Å². The van der Waals surface area contributed by atoms with Crippen LogP contribution < -0.4 is 20.1 Å². The topological polar surface area (TPSA) is 121 Å². The number of nitrogens with two attached hydrogens (primary N) is 1. The molecule has 0 saturated carbocycles. The van der Waals surface area contributed by atoms with Crippen molar-refractivity contribution in [2.24, 2.45) is 0 Å². The standard InChI is InChI=1S/C28H31ClFN7O3/c1-3-23(38)36-10-12-37(13-11-36)27-18-7-4-8-22(40-26-19(15-31)21(32)14-20(30)24(26)29)25(18)33-28(34-27)39-16-17-6-5-9-35(17)2/h3-4,7-8,14-15,17,31H,1,5-6,9-13,16,32H2,2H3. The first-order valence-corrected chi connectivity index (χ1v) is 13.4. The summed E-state index contributed by atoms with van der Waals surface area (Å²) >= 11 is 6.25. The van der Waals surface area contributed by atoms with Crippen molar-refractivity contribution in [1.82, 2.24) is 19.8 Å². The third-order valence-corrected chi connectivity index (χ3v) is 7.75. The van der Waals surface area contributed by atoms with Gasteiger partial charge in [-0.2, -0.15) is 9.97 Å². The van der Waals surface area contributed by atoms with E-state index in [9.17, 15) is 9.18 Å². The van der Waals surface area contributed by atoms with Crippen molar-refractivity contribution in [2.75, 3.05) is 57.0 Å². The molecular weight excluding hydrogens is 537 g/mol. The van der Waals surface area contributed by atoms with E-state index < -0.39 is 5.82 Å². The number of fused-ring (bicyclic) bond motifs is 1. The number of carbonyl (C=O) groups is 1. The van der Waals surface area contributed by atoms with E-state index in [0.29, 0.717) is 49.5 Å². The van der Waals surface area contributed by atoms with E-state index in [1.54, 1.807) is 17.0 Å². The maximum Gasteiger partial charge on any atom is 0.319 e. The van der Waals surface area contributed by atoms with Crippen molar-refractivity contribution < 1.29 is 18.7 Å². The van der Waals surface area contributed by atoms with Crippen LogP contribution in [0.5, 0.6) is 17.5 Å². The number of anilines is 2. The van der Waals surface area contributed by atoms with Crippen LogP contribution in [0.4, 0.5) is 15.9 Å². The molecule has 3 heterocycles. The highest BCUT2D eigenvalue weighted by atomic mass is 35.5. The SMILES string of the molecule is C=CC(=O)N1CCN(c2nc(OCC3CCCN3C)nc3c(Oc4c(Cl)c(F)cc(N)c4C=N)cccc23)CC1. The van der Waals surface area contributed by atoms with Crippen LogP contribution in [0.2, 0.25) is 5.02 Å². The Morgan fingerprint density at radius 2 is 2.05 bits per heavy atom. The molecule has 210 valence electrons. The average molecular weight is 568 g/mol. The molecule has 5 rings (SSSR count). The van der Waals surface area contributed by atoms with Gasteiger partial charge in [-0.1, -0.05) is 24.2 Å². The monoisotopic (exact) mass is 567 g/mol. The molecule has 1 amide bonds. The lowest BCUT2D eigenvalue weighted by molar-refractivity contribution is -0.126. The molecule has 12 heteroatoms. The lowest BCUT2D eigenvalue weighted by Crippen LogP contribution is -2.48. The minimum atomic E-state index is -0.757. The zero-order valence-corrected chi connectivity index (χ0v) is 23.0. The average Bonchev–Trinajstić information content (AvgIpc) is 3.38. The summed E-state index contributed by atoms with van der Waals surface area (Å²) in [6, 6.07) is 6.82. The molecule has 2 fully saturated rings. The molecule has 3 aromatic rings. The summed E-state index contributed by atoms with van der Waals surface area (Å²) in [6.45, 7) is 7.14. The van der Waals surface area contributed by atoms with Gasteiger partial charge in [0, 0.05) is 49.5 Å². The van der Waals surface area contributed by atoms with E-state index in [0.717, 1.165) is 31.7 Å². The number of likely N-dealkylation sites (N-methyl/N-ethyl adjacent to an activating group) is 1. The van der Waals surface area contributed by atoms with E-state index in [-0.39, 0.29) is 45.7 Å². The Kier molecular flexibility index (Phi) is 8.04. The number of aromatic nitrogens is 2. The first-order valence-electron chi connectivity index (χ1n) is 13.1. The van der Waals surface area contributed by atoms with Gasteiger partial charge < -0.3 is 35.3 Å². The summed E-state index contributed by atoms with van der Waals surface area (Å²) in [5, 5.41) is 8.17. The van der Waals surface area contributed by atoms with Crippen LogP contribution in [0.25, 0.3) is 10.9 Å². The fourth-order valence-electron chi connectivity index (χ4n) is 5.10. The first kappa shape index (κ1) is 27.6. The maximum atomic E-state index is 14.5. The number of ether oxygens (including phenoxy) is 2. The molecule has 3 N–H and O–H groups in total. The highest BCUT2D eigenvalue weighted by Gasteiger charge is 2.26. The fraction of sp³-hybridized carbons (Fsp3) is 0.357. The second-order valence-electron chi connectivity index (χ2n) is 9.84. The summed E-state index contributed by atoms with van der Waals surface area (Å²) in [5.41, 5.74) is 6.56. The highest BCUT2D eigenvalue weighted by Crippen LogP contribution is 2.40. The molecule has 0 radical (unpaired) electrons. The van der Waals surface area contributed by atoms with Crippen LogP contribution in [0.1, 0.15) is 18.4 Å². The Balaban J connectivity index is 1.56. The van der Waals surface area contributed by atoms with Gasteiger partial charge in [0.25, 0.3) is 0 Å². The number of nitrogens with zero attached hydrogens (tertiary/aromatic N) is 5. The Bertz CT molecular complexity index is 1460. The third-order valence-electron chi connectivity index (χ3n) is 7.39. The molecule has 2 aromatic carbocycles. The molecule has 1 unspecified atom stereocenters. The van der Waals surface area contributed by atoms with E-state index in [4.69, 9.17) is 42.2 Å². The molecule has 2 aliphatic rings. The zero-order valence-electron chi connectivity index (χ0n) is 22.2. The molecule has 2 aliphatic heterocycles. The van der Waals surface area contributed by atoms with E-state index in [2.05, 4.69) is 23.4 Å². The number of carbonyl (C=O) groups excluding carboxylic acids is 1. The molecular formula is C28H31ClFN7O3. The molecule has 0 bridgehead atoms. The van der Waals surface area contributed by atoms with Gasteiger partial charge in [0.1, 0.15) is 28.8 Å². The number of likely N-dealkylation sites (tertiary alicyclic amines) is 1. The van der Waals surface area contributed by atoms with Crippen LogP contribution in [0, 0.1) is 11.2 Å². The Morgan fingerprint density at radius 3 is 2.73 bits per heavy atom. The number of hydrogen-bond donors (Lipinski definition) is 2. The van der Waals surface area contributed by atoms with Gasteiger partial charge in [-0.25, -0.2) is 4.39 Å². The van der Waals surface area contributed by atoms with Crippen molar-refractivity contribution >= 4 is 46.1 Å². The number of halogens is 2. The Hall–Kier alpha value is -3.96. The Morgan fingerprint density at radius 1 is 1.27 bits per heavy atom. The van der Waals surface area contributed by atoms with Gasteiger partial charge in [-0.3, -0.25) is 4.79 Å². The Labute approximate surface area is 236 Å². The summed E-state index contributed by atoms with van der Waals surface area (Å²) in [7, 11) is 2.07. The first-order chi connectivity index (χ1) is 19.3. The van der Waals surface area contributed by atoms with Crippen molar-refractivity contribution in [1.29, 1.82) is 5.41 Å². The van der Waals surface area contributed by atoms with Crippen LogP contribution in [0.15, 0.2) is 36.9 Å². The van der Waals surface area contributed by atoms with Gasteiger partial charge in [-0.15, -0.1) is 0 Å². The number of amides is 1. The van der Waals surface area contributed by atoms with Gasteiger partial charge in [-0.05, 0) is 50.7 Å². The molecule has 0 aliphatic carbocycles. The number of para-hydroxylation sites is 1. The van der Waals surface area contributed by atoms with Crippen LogP contribution >= 0.6 is 11.6 Å². The number of hydrogen-bond acceptors (Lipinski definition) is 9. The number of benzene rings is 2. The number of nitrogens with one attached hydrogen (secondary N) is 1. The summed E-state index contributed by atoms with van der Waals surface area (Å²) in [6.07, 6.45) is 4.42. The van der Waals surface area contributed by atoms with E-state index >= 15 is 0 Å². The highest BCUT2D eigenvalue weighted by molar-refractivity contribution is 6.33. The molecule has 1 atom stereocenters. The minimum Gasteiger partial charge on any atom is -0.462 e. The number of nitrogen functional groups attached to an aromatic ring is 1. The van der Waals surface area contributed by atoms with Gasteiger partial charge >= 0.3 is 6.01 Å². The van der Waals surface area contributed by atoms with Gasteiger partial charge in [0.15, 0.2) is 11.5 Å². The van der Waals surface area contributed by atoms with Crippen molar-refractivity contribution in [3.05, 3.63) is 53.3 Å². The summed E-state index contributed by atoms with van der Waals surface area (Å²) in [4.78, 5) is 27.7. The van der Waals surface area contributed by atoms with Crippen LogP contribution in [-0.2, 0) is 4.79 Å². The summed E-state index contributed by atoms with van der Waals surface area (Å²) in [5.74, 6) is -0.0336. The van der Waals surface area contributed by atoms with Crippen molar-refractivity contribution in [3.8, 4) is 17.5 Å². The second kappa shape index (κ2) is 11.6. The maximum absolute atomic E-state index is 14.5. The zero-order chi connectivity index (χ0) is 28.4. The lowest BCUT2D eigenvalue weighted by Gasteiger charge is -2.35. The third kappa shape index (κ3) is 5.39. The molecule has 2 saturated heterocycles. The number of piperazine rings is 1. The quantitative estimate of drug-likeness (QED) is 0.237. The van der Waals surface area contributed by atoms with Crippen LogP contribution in [-0.4, -0.2) is 84.3 Å². The van der Waals surface area contributed by atoms with Gasteiger partial charge in [0.2, 0.25) is 5.91 Å².